The van der Waals surface area contributed by atoms with Crippen molar-refractivity contribution in [2.45, 2.75) is 18.4 Å². The van der Waals surface area contributed by atoms with Crippen LogP contribution in [0.3, 0.4) is 0 Å². The molecular weight excluding hydrogens is 330 g/mol. The summed E-state index contributed by atoms with van der Waals surface area (Å²) in [4.78, 5) is 5.77. The smallest absolute Gasteiger partial charge is 0.142 e. The Morgan fingerprint density at radius 2 is 1.95 bits per heavy atom. The standard InChI is InChI=1S/C17H14BrNO2/c18-16-11-17(21-19-16)9-8-12-10-14(6-7-15(12)17)20-13-4-2-1-3-5-13/h1-7,10-11,19H,8-9H2/t17-/m0/s1. The van der Waals surface area contributed by atoms with Crippen LogP contribution >= 0.6 is 15.9 Å². The average Bonchev–Trinajstić information content (AvgIpc) is 3.05. The Labute approximate surface area is 131 Å². The van der Waals surface area contributed by atoms with Gasteiger partial charge in [-0.2, -0.15) is 0 Å². The third-order valence-electron chi connectivity index (χ3n) is 3.97. The van der Waals surface area contributed by atoms with E-state index >= 15 is 0 Å². The number of para-hydroxylation sites is 1. The molecule has 0 unspecified atom stereocenters. The van der Waals surface area contributed by atoms with E-state index in [4.69, 9.17) is 9.57 Å². The molecule has 0 saturated heterocycles. The highest BCUT2D eigenvalue weighted by Crippen LogP contribution is 2.45. The number of aryl methyl sites for hydroxylation is 1. The summed E-state index contributed by atoms with van der Waals surface area (Å²) >= 11 is 3.43. The van der Waals surface area contributed by atoms with Crippen molar-refractivity contribution in [3.05, 3.63) is 70.3 Å². The number of hydrogen-bond acceptors (Lipinski definition) is 3. The van der Waals surface area contributed by atoms with Crippen LogP contribution in [0.1, 0.15) is 17.5 Å². The van der Waals surface area contributed by atoms with Gasteiger partial charge >= 0.3 is 0 Å². The number of hydrogen-bond donors (Lipinski definition) is 1. The van der Waals surface area contributed by atoms with Crippen molar-refractivity contribution in [1.29, 1.82) is 0 Å². The minimum atomic E-state index is -0.334. The van der Waals surface area contributed by atoms with E-state index in [0.29, 0.717) is 0 Å². The summed E-state index contributed by atoms with van der Waals surface area (Å²) in [5.74, 6) is 1.72. The highest BCUT2D eigenvalue weighted by atomic mass is 79.9. The number of nitrogens with one attached hydrogen (secondary N) is 1. The molecule has 3 nitrogen and oxygen atoms in total. The lowest BCUT2D eigenvalue weighted by atomic mass is 9.96. The van der Waals surface area contributed by atoms with Crippen LogP contribution in [0.5, 0.6) is 11.5 Å². The van der Waals surface area contributed by atoms with Crippen molar-refractivity contribution in [3.63, 3.8) is 0 Å². The molecule has 0 fully saturated rings. The van der Waals surface area contributed by atoms with Crippen LogP contribution in [0, 0.1) is 0 Å². The van der Waals surface area contributed by atoms with E-state index in [1.165, 1.54) is 11.1 Å². The Balaban J connectivity index is 1.65. The molecule has 2 aromatic carbocycles. The van der Waals surface area contributed by atoms with Crippen LogP contribution in [-0.2, 0) is 16.9 Å². The van der Waals surface area contributed by atoms with Crippen molar-refractivity contribution >= 4 is 15.9 Å². The van der Waals surface area contributed by atoms with Gasteiger partial charge in [0.15, 0.2) is 0 Å². The Kier molecular flexibility index (Phi) is 3.01. The fraction of sp³-hybridized carbons (Fsp3) is 0.176. The second kappa shape index (κ2) is 4.90. The number of halogens is 1. The lowest BCUT2D eigenvalue weighted by Gasteiger charge is -2.20. The Morgan fingerprint density at radius 3 is 2.71 bits per heavy atom. The van der Waals surface area contributed by atoms with E-state index in [1.807, 2.05) is 36.4 Å². The first-order valence-electron chi connectivity index (χ1n) is 6.94. The molecule has 2 aromatic rings. The third kappa shape index (κ3) is 2.24. The first-order valence-corrected chi connectivity index (χ1v) is 7.73. The summed E-state index contributed by atoms with van der Waals surface area (Å²) < 4.78 is 6.78. The van der Waals surface area contributed by atoms with Gasteiger partial charge in [-0.3, -0.25) is 10.3 Å². The number of hydroxylamine groups is 1. The summed E-state index contributed by atoms with van der Waals surface area (Å²) in [6.07, 6.45) is 4.02. The molecule has 0 bridgehead atoms. The summed E-state index contributed by atoms with van der Waals surface area (Å²) in [5.41, 5.74) is 5.05. The quantitative estimate of drug-likeness (QED) is 0.820. The van der Waals surface area contributed by atoms with Gasteiger partial charge in [0.25, 0.3) is 0 Å². The zero-order chi connectivity index (χ0) is 14.3. The molecular formula is C17H14BrNO2. The maximum atomic E-state index is 5.89. The highest BCUT2D eigenvalue weighted by molar-refractivity contribution is 9.11. The van der Waals surface area contributed by atoms with Crippen molar-refractivity contribution in [2.75, 3.05) is 0 Å². The van der Waals surface area contributed by atoms with E-state index < -0.39 is 0 Å². The Bertz CT molecular complexity index is 714. The second-order valence-corrected chi connectivity index (χ2v) is 6.17. The minimum absolute atomic E-state index is 0.334. The van der Waals surface area contributed by atoms with Crippen molar-refractivity contribution in [1.82, 2.24) is 5.48 Å². The predicted molar refractivity (Wildman–Crippen MR) is 84.2 cm³/mol. The normalized spacial score (nSPS) is 22.8. The maximum absolute atomic E-state index is 5.89. The van der Waals surface area contributed by atoms with Crippen LogP contribution in [-0.4, -0.2) is 0 Å². The molecule has 0 saturated carbocycles. The van der Waals surface area contributed by atoms with E-state index in [1.54, 1.807) is 0 Å². The van der Waals surface area contributed by atoms with Gasteiger partial charge < -0.3 is 4.74 Å². The summed E-state index contributed by atoms with van der Waals surface area (Å²) in [7, 11) is 0. The van der Waals surface area contributed by atoms with Crippen molar-refractivity contribution in [3.8, 4) is 11.5 Å². The summed E-state index contributed by atoms with van der Waals surface area (Å²) in [5, 5.41) is 0. The first kappa shape index (κ1) is 12.9. The SMILES string of the molecule is BrC1=C[C@]2(CCc3cc(Oc4ccccc4)ccc32)ON1. The average molecular weight is 344 g/mol. The molecule has 1 heterocycles. The topological polar surface area (TPSA) is 30.5 Å². The molecule has 1 atom stereocenters. The molecule has 0 radical (unpaired) electrons. The third-order valence-corrected chi connectivity index (χ3v) is 4.36. The number of benzene rings is 2. The Morgan fingerprint density at radius 1 is 1.10 bits per heavy atom. The molecule has 106 valence electrons. The van der Waals surface area contributed by atoms with Crippen LogP contribution in [0.15, 0.2) is 59.2 Å². The molecule has 1 spiro atoms. The molecule has 4 rings (SSSR count). The molecule has 1 N–H and O–H groups in total. The predicted octanol–water partition coefficient (Wildman–Crippen LogP) is 4.39. The van der Waals surface area contributed by atoms with E-state index in [9.17, 15) is 0 Å². The molecule has 4 heteroatoms. The van der Waals surface area contributed by atoms with E-state index in [2.05, 4.69) is 39.6 Å². The zero-order valence-electron chi connectivity index (χ0n) is 11.3. The zero-order valence-corrected chi connectivity index (χ0v) is 12.9. The molecule has 0 aromatic heterocycles. The van der Waals surface area contributed by atoms with Gasteiger partial charge in [-0.25, -0.2) is 0 Å². The van der Waals surface area contributed by atoms with Gasteiger partial charge in [0.05, 0.1) is 0 Å². The van der Waals surface area contributed by atoms with E-state index in [0.717, 1.165) is 28.9 Å². The first-order chi connectivity index (χ1) is 10.3. The largest absolute Gasteiger partial charge is 0.457 e. The molecule has 1 aliphatic carbocycles. The summed E-state index contributed by atoms with van der Waals surface area (Å²) in [6.45, 7) is 0. The number of ether oxygens (including phenoxy) is 1. The van der Waals surface area contributed by atoms with Crippen LogP contribution in [0.25, 0.3) is 0 Å². The van der Waals surface area contributed by atoms with E-state index in [-0.39, 0.29) is 5.60 Å². The van der Waals surface area contributed by atoms with Gasteiger partial charge in [-0.05, 0) is 70.2 Å². The van der Waals surface area contributed by atoms with Gasteiger partial charge in [0.2, 0.25) is 0 Å². The van der Waals surface area contributed by atoms with Crippen LogP contribution < -0.4 is 10.2 Å². The maximum Gasteiger partial charge on any atom is 0.142 e. The van der Waals surface area contributed by atoms with Gasteiger partial charge in [0, 0.05) is 0 Å². The highest BCUT2D eigenvalue weighted by Gasteiger charge is 2.42. The van der Waals surface area contributed by atoms with Gasteiger partial charge in [-0.1, -0.05) is 24.3 Å². The number of fused-ring (bicyclic) bond motifs is 2. The second-order valence-electron chi connectivity index (χ2n) is 5.32. The number of rotatable bonds is 2. The molecule has 1 aliphatic heterocycles. The fourth-order valence-electron chi connectivity index (χ4n) is 2.99. The minimum Gasteiger partial charge on any atom is -0.457 e. The molecule has 2 aliphatic rings. The summed E-state index contributed by atoms with van der Waals surface area (Å²) in [6, 6.07) is 16.1. The van der Waals surface area contributed by atoms with Gasteiger partial charge in [-0.15, -0.1) is 0 Å². The molecule has 0 amide bonds. The Hall–Kier alpha value is -1.78. The fourth-order valence-corrected chi connectivity index (χ4v) is 3.44. The monoisotopic (exact) mass is 343 g/mol. The van der Waals surface area contributed by atoms with Crippen LogP contribution in [0.2, 0.25) is 0 Å². The lowest BCUT2D eigenvalue weighted by molar-refractivity contribution is -0.0402. The van der Waals surface area contributed by atoms with Crippen LogP contribution in [0.4, 0.5) is 0 Å². The molecule has 21 heavy (non-hydrogen) atoms. The van der Waals surface area contributed by atoms with Crippen molar-refractivity contribution in [2.24, 2.45) is 0 Å². The lowest BCUT2D eigenvalue weighted by Crippen LogP contribution is -2.23. The van der Waals surface area contributed by atoms with Crippen molar-refractivity contribution < 1.29 is 9.57 Å². The van der Waals surface area contributed by atoms with Gasteiger partial charge in [0.1, 0.15) is 21.7 Å².